The van der Waals surface area contributed by atoms with Crippen LogP contribution >= 0.6 is 0 Å². The molecular weight excluding hydrogens is 330 g/mol. The smallest absolute Gasteiger partial charge is 0.328 e. The van der Waals surface area contributed by atoms with Crippen LogP contribution < -0.4 is 16.6 Å². The van der Waals surface area contributed by atoms with Crippen LogP contribution in [0.2, 0.25) is 0 Å². The maximum absolute atomic E-state index is 12.4. The normalized spacial score (nSPS) is 23.6. The van der Waals surface area contributed by atoms with Gasteiger partial charge in [-0.2, -0.15) is 0 Å². The molecule has 1 saturated carbocycles. The van der Waals surface area contributed by atoms with Crippen molar-refractivity contribution in [1.82, 2.24) is 14.9 Å². The Morgan fingerprint density at radius 2 is 2.04 bits per heavy atom. The van der Waals surface area contributed by atoms with Crippen LogP contribution in [0.1, 0.15) is 25.7 Å². The fourth-order valence-electron chi connectivity index (χ4n) is 4.26. The molecule has 1 aromatic carbocycles. The highest BCUT2D eigenvalue weighted by Gasteiger charge is 2.35. The average Bonchev–Trinajstić information content (AvgIpc) is 3.26. The molecule has 136 valence electrons. The zero-order valence-corrected chi connectivity index (χ0v) is 14.6. The summed E-state index contributed by atoms with van der Waals surface area (Å²) in [5, 5.41) is 3.50. The highest BCUT2D eigenvalue weighted by Crippen LogP contribution is 2.42. The van der Waals surface area contributed by atoms with E-state index in [4.69, 9.17) is 0 Å². The highest BCUT2D eigenvalue weighted by molar-refractivity contribution is 5.77. The Morgan fingerprint density at radius 1 is 1.19 bits per heavy atom. The van der Waals surface area contributed by atoms with Crippen LogP contribution in [0.25, 0.3) is 10.9 Å². The first-order chi connectivity index (χ1) is 12.6. The van der Waals surface area contributed by atoms with Crippen LogP contribution in [0.3, 0.4) is 0 Å². The molecule has 0 spiro atoms. The van der Waals surface area contributed by atoms with Crippen molar-refractivity contribution in [2.75, 3.05) is 6.54 Å². The number of benzene rings is 1. The molecule has 0 radical (unpaired) electrons. The first kappa shape index (κ1) is 16.8. The first-order valence-electron chi connectivity index (χ1n) is 9.28. The Labute approximate surface area is 150 Å². The summed E-state index contributed by atoms with van der Waals surface area (Å²) in [6, 6.07) is 6.95. The molecule has 1 amide bonds. The first-order valence-corrected chi connectivity index (χ1v) is 9.28. The van der Waals surface area contributed by atoms with Gasteiger partial charge in [0.15, 0.2) is 0 Å². The predicted octanol–water partition coefficient (Wildman–Crippen LogP) is 1.80. The number of carbonyl (C=O) groups is 1. The Balaban J connectivity index is 1.31. The summed E-state index contributed by atoms with van der Waals surface area (Å²) in [6.07, 6.45) is 7.75. The van der Waals surface area contributed by atoms with Gasteiger partial charge in [-0.1, -0.05) is 24.3 Å². The minimum atomic E-state index is -0.428. The van der Waals surface area contributed by atoms with E-state index < -0.39 is 5.69 Å². The molecule has 6 heteroatoms. The molecule has 0 aliphatic heterocycles. The minimum absolute atomic E-state index is 0.0120. The summed E-state index contributed by atoms with van der Waals surface area (Å²) in [5.41, 5.74) is -0.196. The molecule has 0 saturated heterocycles. The Morgan fingerprint density at radius 3 is 2.81 bits per heavy atom. The zero-order valence-electron chi connectivity index (χ0n) is 14.6. The number of rotatable bonds is 6. The van der Waals surface area contributed by atoms with Gasteiger partial charge in [0.25, 0.3) is 5.56 Å². The Bertz CT molecular complexity index is 972. The molecule has 3 atom stereocenters. The van der Waals surface area contributed by atoms with E-state index in [1.54, 1.807) is 24.3 Å². The van der Waals surface area contributed by atoms with Gasteiger partial charge in [0, 0.05) is 19.5 Å². The van der Waals surface area contributed by atoms with Crippen LogP contribution in [-0.4, -0.2) is 22.0 Å². The third-order valence-electron chi connectivity index (χ3n) is 5.65. The van der Waals surface area contributed by atoms with Crippen molar-refractivity contribution >= 4 is 16.8 Å². The summed E-state index contributed by atoms with van der Waals surface area (Å²) < 4.78 is 1.18. The number of fused-ring (bicyclic) bond motifs is 3. The summed E-state index contributed by atoms with van der Waals surface area (Å²) in [5.74, 6) is 1.87. The lowest BCUT2D eigenvalue weighted by molar-refractivity contribution is -0.121. The summed E-state index contributed by atoms with van der Waals surface area (Å²) in [4.78, 5) is 39.3. The van der Waals surface area contributed by atoms with Crippen LogP contribution in [0, 0.1) is 17.8 Å². The van der Waals surface area contributed by atoms with Crippen LogP contribution in [0.4, 0.5) is 0 Å². The molecule has 26 heavy (non-hydrogen) atoms. The number of aromatic amines is 1. The van der Waals surface area contributed by atoms with Crippen molar-refractivity contribution in [3.05, 3.63) is 57.3 Å². The molecule has 1 fully saturated rings. The summed E-state index contributed by atoms with van der Waals surface area (Å²) >= 11 is 0. The van der Waals surface area contributed by atoms with E-state index in [9.17, 15) is 14.4 Å². The topological polar surface area (TPSA) is 84.0 Å². The van der Waals surface area contributed by atoms with Crippen LogP contribution in [0.15, 0.2) is 46.0 Å². The average molecular weight is 353 g/mol. The maximum atomic E-state index is 12.4. The highest BCUT2D eigenvalue weighted by atomic mass is 16.2. The van der Waals surface area contributed by atoms with Crippen LogP contribution in [-0.2, 0) is 11.3 Å². The molecule has 2 aliphatic rings. The number of carbonyl (C=O) groups excluding carboxylic acids is 1. The molecule has 1 aromatic heterocycles. The van der Waals surface area contributed by atoms with Crippen molar-refractivity contribution < 1.29 is 4.79 Å². The molecule has 1 heterocycles. The molecular formula is C20H23N3O3. The van der Waals surface area contributed by atoms with Gasteiger partial charge in [0.2, 0.25) is 5.91 Å². The van der Waals surface area contributed by atoms with Gasteiger partial charge >= 0.3 is 5.69 Å². The Kier molecular flexibility index (Phi) is 4.49. The van der Waals surface area contributed by atoms with E-state index in [1.807, 2.05) is 0 Å². The van der Waals surface area contributed by atoms with Gasteiger partial charge in [0.05, 0.1) is 10.9 Å². The van der Waals surface area contributed by atoms with E-state index in [-0.39, 0.29) is 18.0 Å². The standard InChI is InChI=1S/C20H23N3O3/c24-18(21-12-15-11-13-7-8-14(15)10-13)6-3-9-23-19(25)16-4-1-2-5-17(16)22-20(23)26/h1-2,4-5,7-8,13-15H,3,6,9-12H2,(H,21,24)(H,22,26)/t13-,14-,15-/m0/s1. The van der Waals surface area contributed by atoms with E-state index in [0.29, 0.717) is 41.5 Å². The maximum Gasteiger partial charge on any atom is 0.328 e. The van der Waals surface area contributed by atoms with E-state index in [2.05, 4.69) is 22.5 Å². The van der Waals surface area contributed by atoms with Gasteiger partial charge in [-0.15, -0.1) is 0 Å². The van der Waals surface area contributed by atoms with E-state index >= 15 is 0 Å². The number of hydrogen-bond acceptors (Lipinski definition) is 3. The number of nitrogens with zero attached hydrogens (tertiary/aromatic N) is 1. The molecule has 6 nitrogen and oxygen atoms in total. The lowest BCUT2D eigenvalue weighted by Crippen LogP contribution is -2.35. The number of allylic oxidation sites excluding steroid dienone is 2. The molecule has 2 bridgehead atoms. The number of aromatic nitrogens is 2. The van der Waals surface area contributed by atoms with Crippen molar-refractivity contribution in [2.24, 2.45) is 17.8 Å². The number of hydrogen-bond donors (Lipinski definition) is 2. The van der Waals surface area contributed by atoms with E-state index in [0.717, 1.165) is 6.54 Å². The number of nitrogens with one attached hydrogen (secondary N) is 2. The van der Waals surface area contributed by atoms with Crippen molar-refractivity contribution in [3.63, 3.8) is 0 Å². The minimum Gasteiger partial charge on any atom is -0.356 e. The monoisotopic (exact) mass is 353 g/mol. The van der Waals surface area contributed by atoms with Gasteiger partial charge in [-0.3, -0.25) is 14.2 Å². The number of amides is 1. The lowest BCUT2D eigenvalue weighted by atomic mass is 9.93. The fraction of sp³-hybridized carbons (Fsp3) is 0.450. The molecule has 0 unspecified atom stereocenters. The largest absolute Gasteiger partial charge is 0.356 e. The van der Waals surface area contributed by atoms with Crippen molar-refractivity contribution in [3.8, 4) is 0 Å². The second-order valence-electron chi connectivity index (χ2n) is 7.38. The predicted molar refractivity (Wildman–Crippen MR) is 99.9 cm³/mol. The van der Waals surface area contributed by atoms with Gasteiger partial charge < -0.3 is 10.3 Å². The molecule has 2 N–H and O–H groups in total. The molecule has 2 aromatic rings. The fourth-order valence-corrected chi connectivity index (χ4v) is 4.26. The number of H-pyrrole nitrogens is 1. The van der Waals surface area contributed by atoms with Gasteiger partial charge in [-0.05, 0) is 49.1 Å². The molecule has 4 rings (SSSR count). The van der Waals surface area contributed by atoms with Crippen molar-refractivity contribution in [2.45, 2.75) is 32.2 Å². The molecule has 2 aliphatic carbocycles. The summed E-state index contributed by atoms with van der Waals surface area (Å²) in [6.45, 7) is 0.962. The van der Waals surface area contributed by atoms with Gasteiger partial charge in [-0.25, -0.2) is 4.79 Å². The number of para-hydroxylation sites is 1. The third-order valence-corrected chi connectivity index (χ3v) is 5.65. The quantitative estimate of drug-likeness (QED) is 0.777. The third kappa shape index (κ3) is 3.23. The van der Waals surface area contributed by atoms with Crippen LogP contribution in [0.5, 0.6) is 0 Å². The second kappa shape index (κ2) is 6.94. The van der Waals surface area contributed by atoms with E-state index in [1.165, 1.54) is 17.4 Å². The zero-order chi connectivity index (χ0) is 18.1. The lowest BCUT2D eigenvalue weighted by Gasteiger charge is -2.18. The van der Waals surface area contributed by atoms with Crippen molar-refractivity contribution in [1.29, 1.82) is 0 Å². The second-order valence-corrected chi connectivity index (χ2v) is 7.38. The SMILES string of the molecule is O=C(CCCn1c(=O)[nH]c2ccccc2c1=O)NC[C@@H]1C[C@H]2C=C[C@H]1C2. The Hall–Kier alpha value is -2.63. The van der Waals surface area contributed by atoms with Gasteiger partial charge in [0.1, 0.15) is 0 Å². The summed E-state index contributed by atoms with van der Waals surface area (Å²) in [7, 11) is 0.